The number of nitro groups is 1. The molecule has 1 aliphatic carbocycles. The number of nitrogens with zero attached hydrogens (tertiary/aromatic N) is 1. The molecule has 1 fully saturated rings. The molecule has 0 heterocycles. The maximum absolute atomic E-state index is 10.7. The van der Waals surface area contributed by atoms with Crippen molar-refractivity contribution in [3.8, 4) is 0 Å². The summed E-state index contributed by atoms with van der Waals surface area (Å²) in [4.78, 5) is 10.3. The van der Waals surface area contributed by atoms with Gasteiger partial charge in [-0.2, -0.15) is 0 Å². The zero-order valence-electron chi connectivity index (χ0n) is 11.6. The minimum absolute atomic E-state index is 0.131. The molecular formula is C15H21BrN2O2. The van der Waals surface area contributed by atoms with E-state index in [9.17, 15) is 10.1 Å². The van der Waals surface area contributed by atoms with E-state index < -0.39 is 0 Å². The number of hydrogen-bond acceptors (Lipinski definition) is 3. The molecule has 2 rings (SSSR count). The fourth-order valence-electron chi connectivity index (χ4n) is 2.71. The van der Waals surface area contributed by atoms with Crippen LogP contribution in [0, 0.1) is 10.1 Å². The van der Waals surface area contributed by atoms with E-state index >= 15 is 0 Å². The molecule has 110 valence electrons. The van der Waals surface area contributed by atoms with Crippen LogP contribution in [0.2, 0.25) is 0 Å². The van der Waals surface area contributed by atoms with Crippen molar-refractivity contribution >= 4 is 21.6 Å². The number of nitro benzene ring substituents is 1. The van der Waals surface area contributed by atoms with Gasteiger partial charge in [-0.1, -0.05) is 48.0 Å². The molecule has 0 unspecified atom stereocenters. The first kappa shape index (κ1) is 15.4. The van der Waals surface area contributed by atoms with Gasteiger partial charge in [-0.25, -0.2) is 0 Å². The van der Waals surface area contributed by atoms with Gasteiger partial charge in [-0.3, -0.25) is 10.1 Å². The summed E-state index contributed by atoms with van der Waals surface area (Å²) in [6, 6.07) is 5.56. The highest BCUT2D eigenvalue weighted by atomic mass is 79.9. The van der Waals surface area contributed by atoms with Gasteiger partial charge in [0.2, 0.25) is 0 Å². The first-order valence-electron chi connectivity index (χ1n) is 7.33. The van der Waals surface area contributed by atoms with E-state index in [1.807, 2.05) is 6.07 Å². The lowest BCUT2D eigenvalue weighted by molar-refractivity contribution is -0.384. The summed E-state index contributed by atoms with van der Waals surface area (Å²) >= 11 is 3.42. The first-order chi connectivity index (χ1) is 9.66. The molecule has 1 aliphatic rings. The lowest BCUT2D eigenvalue weighted by Crippen LogP contribution is -2.29. The number of non-ortho nitro benzene ring substituents is 1. The summed E-state index contributed by atoms with van der Waals surface area (Å²) < 4.78 is 0.810. The fraction of sp³-hybridized carbons (Fsp3) is 0.600. The van der Waals surface area contributed by atoms with E-state index in [1.165, 1.54) is 44.9 Å². The largest absolute Gasteiger partial charge is 0.310 e. The van der Waals surface area contributed by atoms with Crippen molar-refractivity contribution in [3.05, 3.63) is 38.3 Å². The van der Waals surface area contributed by atoms with Crippen molar-refractivity contribution in [2.45, 2.75) is 57.5 Å². The fourth-order valence-corrected chi connectivity index (χ4v) is 3.21. The van der Waals surface area contributed by atoms with Gasteiger partial charge in [0.1, 0.15) is 0 Å². The topological polar surface area (TPSA) is 55.2 Å². The Morgan fingerprint density at radius 3 is 2.45 bits per heavy atom. The Morgan fingerprint density at radius 1 is 1.20 bits per heavy atom. The molecule has 1 N–H and O–H groups in total. The molecular weight excluding hydrogens is 320 g/mol. The van der Waals surface area contributed by atoms with Crippen molar-refractivity contribution < 1.29 is 4.92 Å². The number of benzene rings is 1. The van der Waals surface area contributed by atoms with Crippen molar-refractivity contribution in [2.75, 3.05) is 0 Å². The second kappa shape index (κ2) is 7.74. The van der Waals surface area contributed by atoms with Crippen molar-refractivity contribution in [2.24, 2.45) is 0 Å². The number of hydrogen-bond donors (Lipinski definition) is 1. The molecule has 1 aromatic rings. The van der Waals surface area contributed by atoms with Crippen LogP contribution in [0.4, 0.5) is 5.69 Å². The van der Waals surface area contributed by atoms with Crippen LogP contribution in [0.5, 0.6) is 0 Å². The summed E-state index contributed by atoms with van der Waals surface area (Å²) in [5, 5.41) is 14.3. The van der Waals surface area contributed by atoms with E-state index in [0.717, 1.165) is 16.6 Å². The Morgan fingerprint density at radius 2 is 1.85 bits per heavy atom. The average Bonchev–Trinajstić information content (AvgIpc) is 2.38. The van der Waals surface area contributed by atoms with Crippen LogP contribution in [0.1, 0.15) is 50.5 Å². The molecule has 0 aromatic heterocycles. The van der Waals surface area contributed by atoms with Crippen LogP contribution in [0.15, 0.2) is 22.7 Å². The normalized spacial score (nSPS) is 17.4. The maximum Gasteiger partial charge on any atom is 0.270 e. The zero-order valence-corrected chi connectivity index (χ0v) is 13.2. The van der Waals surface area contributed by atoms with Crippen molar-refractivity contribution in [3.63, 3.8) is 0 Å². The van der Waals surface area contributed by atoms with Crippen molar-refractivity contribution in [1.82, 2.24) is 5.32 Å². The minimum Gasteiger partial charge on any atom is -0.310 e. The van der Waals surface area contributed by atoms with Gasteiger partial charge in [0, 0.05) is 29.2 Å². The van der Waals surface area contributed by atoms with Crippen LogP contribution in [0.3, 0.4) is 0 Å². The summed E-state index contributed by atoms with van der Waals surface area (Å²) in [6.45, 7) is 0.767. The van der Waals surface area contributed by atoms with Gasteiger partial charge >= 0.3 is 0 Å². The van der Waals surface area contributed by atoms with Gasteiger partial charge in [0.25, 0.3) is 5.69 Å². The summed E-state index contributed by atoms with van der Waals surface area (Å²) in [6.07, 6.45) is 9.16. The van der Waals surface area contributed by atoms with Crippen LogP contribution < -0.4 is 5.32 Å². The molecule has 4 nitrogen and oxygen atoms in total. The van der Waals surface area contributed by atoms with E-state index in [0.29, 0.717) is 6.04 Å². The monoisotopic (exact) mass is 340 g/mol. The molecule has 0 atom stereocenters. The standard InChI is InChI=1S/C15H21BrN2O2/c16-15-10-14(18(19)20)9-8-12(15)11-17-13-6-4-2-1-3-5-7-13/h8-10,13,17H,1-7,11H2. The molecule has 5 heteroatoms. The molecule has 0 bridgehead atoms. The van der Waals surface area contributed by atoms with Gasteiger partial charge < -0.3 is 5.32 Å². The molecule has 0 saturated heterocycles. The highest BCUT2D eigenvalue weighted by Gasteiger charge is 2.13. The predicted octanol–water partition coefficient (Wildman–Crippen LogP) is 4.56. The Bertz CT molecular complexity index is 457. The Kier molecular flexibility index (Phi) is 5.98. The average molecular weight is 341 g/mol. The summed E-state index contributed by atoms with van der Waals surface area (Å²) in [5.41, 5.74) is 1.21. The molecule has 0 aliphatic heterocycles. The molecule has 1 aromatic carbocycles. The second-order valence-electron chi connectivity index (χ2n) is 5.46. The Hall–Kier alpha value is -0.940. The van der Waals surface area contributed by atoms with Gasteiger partial charge in [-0.05, 0) is 24.5 Å². The number of rotatable bonds is 4. The SMILES string of the molecule is O=[N+]([O-])c1ccc(CNC2CCCCCCC2)c(Br)c1. The third kappa shape index (κ3) is 4.56. The van der Waals surface area contributed by atoms with Crippen LogP contribution in [0.25, 0.3) is 0 Å². The zero-order chi connectivity index (χ0) is 14.4. The number of nitrogens with one attached hydrogen (secondary N) is 1. The van der Waals surface area contributed by atoms with E-state index in [2.05, 4.69) is 21.2 Å². The predicted molar refractivity (Wildman–Crippen MR) is 83.7 cm³/mol. The third-order valence-corrected chi connectivity index (χ3v) is 4.67. The van der Waals surface area contributed by atoms with Gasteiger partial charge in [0.05, 0.1) is 4.92 Å². The third-order valence-electron chi connectivity index (χ3n) is 3.93. The van der Waals surface area contributed by atoms with Crippen LogP contribution in [-0.2, 0) is 6.54 Å². The number of halogens is 1. The minimum atomic E-state index is -0.364. The molecule has 20 heavy (non-hydrogen) atoms. The highest BCUT2D eigenvalue weighted by molar-refractivity contribution is 9.10. The summed E-state index contributed by atoms with van der Waals surface area (Å²) in [7, 11) is 0. The smallest absolute Gasteiger partial charge is 0.270 e. The lowest BCUT2D eigenvalue weighted by Gasteiger charge is -2.21. The van der Waals surface area contributed by atoms with Crippen LogP contribution >= 0.6 is 15.9 Å². The van der Waals surface area contributed by atoms with Gasteiger partial charge in [-0.15, -0.1) is 0 Å². The van der Waals surface area contributed by atoms with E-state index in [1.54, 1.807) is 12.1 Å². The molecule has 0 radical (unpaired) electrons. The molecule has 0 spiro atoms. The maximum atomic E-state index is 10.7. The Labute approximate surface area is 128 Å². The van der Waals surface area contributed by atoms with Gasteiger partial charge in [0.15, 0.2) is 0 Å². The van der Waals surface area contributed by atoms with Crippen LogP contribution in [-0.4, -0.2) is 11.0 Å². The van der Waals surface area contributed by atoms with E-state index in [-0.39, 0.29) is 10.6 Å². The Balaban J connectivity index is 1.91. The quantitative estimate of drug-likeness (QED) is 0.645. The van der Waals surface area contributed by atoms with Crippen molar-refractivity contribution in [1.29, 1.82) is 0 Å². The molecule has 1 saturated carbocycles. The molecule has 0 amide bonds. The highest BCUT2D eigenvalue weighted by Crippen LogP contribution is 2.24. The first-order valence-corrected chi connectivity index (χ1v) is 8.12. The second-order valence-corrected chi connectivity index (χ2v) is 6.31. The van der Waals surface area contributed by atoms with E-state index in [4.69, 9.17) is 0 Å². The lowest BCUT2D eigenvalue weighted by atomic mass is 9.96. The summed E-state index contributed by atoms with van der Waals surface area (Å²) in [5.74, 6) is 0.